The van der Waals surface area contributed by atoms with Crippen molar-refractivity contribution in [3.05, 3.63) is 44.9 Å². The van der Waals surface area contributed by atoms with Gasteiger partial charge in [0.25, 0.3) is 5.56 Å². The van der Waals surface area contributed by atoms with Gasteiger partial charge < -0.3 is 10.1 Å². The molecule has 0 spiro atoms. The minimum atomic E-state index is -1.06. The van der Waals surface area contributed by atoms with E-state index in [2.05, 4.69) is 20.3 Å². The van der Waals surface area contributed by atoms with Gasteiger partial charge in [-0.2, -0.15) is 0 Å². The fourth-order valence-corrected chi connectivity index (χ4v) is 2.89. The Morgan fingerprint density at radius 3 is 2.54 bits per heavy atom. The largest absolute Gasteiger partial charge is 0.481 e. The molecule has 1 atom stereocenters. The number of nitrogens with zero attached hydrogens (tertiary/aromatic N) is 3. The lowest BCUT2D eigenvalue weighted by Gasteiger charge is -2.14. The zero-order chi connectivity index (χ0) is 19.2. The van der Waals surface area contributed by atoms with Gasteiger partial charge in [0.15, 0.2) is 0 Å². The van der Waals surface area contributed by atoms with Crippen molar-refractivity contribution in [2.24, 2.45) is 7.05 Å². The third-order valence-electron chi connectivity index (χ3n) is 4.65. The maximum absolute atomic E-state index is 12.6. The number of aryl methyl sites for hydroxylation is 3. The van der Waals surface area contributed by atoms with E-state index in [-0.39, 0.29) is 5.56 Å². The predicted molar refractivity (Wildman–Crippen MR) is 99.1 cm³/mol. The number of carboxylic acid groups (broad SMARTS) is 1. The summed E-state index contributed by atoms with van der Waals surface area (Å²) in [7, 11) is 1.55. The van der Waals surface area contributed by atoms with Crippen LogP contribution in [-0.2, 0) is 11.8 Å². The summed E-state index contributed by atoms with van der Waals surface area (Å²) in [5, 5.41) is 12.2. The van der Waals surface area contributed by atoms with E-state index in [1.54, 1.807) is 14.0 Å². The summed E-state index contributed by atoms with van der Waals surface area (Å²) in [5.41, 5.74) is 4.17. The van der Waals surface area contributed by atoms with Gasteiger partial charge in [0.05, 0.1) is 28.2 Å². The summed E-state index contributed by atoms with van der Waals surface area (Å²) < 4.78 is 1.30. The van der Waals surface area contributed by atoms with Crippen molar-refractivity contribution >= 4 is 28.9 Å². The number of fused-ring (bicyclic) bond motifs is 1. The van der Waals surface area contributed by atoms with E-state index in [9.17, 15) is 14.7 Å². The zero-order valence-electron chi connectivity index (χ0n) is 15.3. The second-order valence-electron chi connectivity index (χ2n) is 6.52. The zero-order valence-corrected chi connectivity index (χ0v) is 15.3. The van der Waals surface area contributed by atoms with E-state index in [0.29, 0.717) is 17.6 Å². The molecule has 1 aromatic carbocycles. The molecule has 3 aromatic rings. The Morgan fingerprint density at radius 1 is 1.23 bits per heavy atom. The molecule has 2 aromatic heterocycles. The summed E-state index contributed by atoms with van der Waals surface area (Å²) in [4.78, 5) is 35.8. The molecule has 0 saturated carbocycles. The molecule has 0 radical (unpaired) electrons. The lowest BCUT2D eigenvalue weighted by molar-refractivity contribution is -0.138. The minimum Gasteiger partial charge on any atom is -0.481 e. The molecule has 0 fully saturated rings. The molecule has 0 aliphatic carbocycles. The lowest BCUT2D eigenvalue weighted by Crippen LogP contribution is -2.29. The molecular weight excluding hydrogens is 334 g/mol. The smallest absolute Gasteiger partial charge is 0.310 e. The number of hydrogen-bond acceptors (Lipinski definition) is 5. The normalized spacial score (nSPS) is 12.3. The van der Waals surface area contributed by atoms with Crippen LogP contribution in [0.2, 0.25) is 0 Å². The van der Waals surface area contributed by atoms with Crippen LogP contribution in [0.1, 0.15) is 35.2 Å². The van der Waals surface area contributed by atoms with E-state index in [4.69, 9.17) is 0 Å². The lowest BCUT2D eigenvalue weighted by atomic mass is 10.0. The fraction of sp³-hybridized carbons (Fsp3) is 0.333. The number of carbonyl (C=O) groups is 1. The van der Waals surface area contributed by atoms with E-state index >= 15 is 0 Å². The van der Waals surface area contributed by atoms with Crippen LogP contribution in [0, 0.1) is 20.8 Å². The first kappa shape index (κ1) is 17.7. The van der Waals surface area contributed by atoms with Gasteiger partial charge in [-0.15, -0.1) is 0 Å². The van der Waals surface area contributed by atoms with E-state index in [1.807, 2.05) is 26.0 Å². The summed E-state index contributed by atoms with van der Waals surface area (Å²) in [5.74, 6) is -1.23. The van der Waals surface area contributed by atoms with Crippen LogP contribution < -0.4 is 10.9 Å². The number of anilines is 2. The second-order valence-corrected chi connectivity index (χ2v) is 6.52. The number of benzene rings is 1. The SMILES string of the molecule is Cc1cc2nc(Nc3nc(C)c(C(C)C(=O)O)c(=O)n3C)[nH]c2cc1C. The van der Waals surface area contributed by atoms with Crippen molar-refractivity contribution < 1.29 is 9.90 Å². The van der Waals surface area contributed by atoms with Crippen LogP contribution in [0.4, 0.5) is 11.9 Å². The van der Waals surface area contributed by atoms with Crippen molar-refractivity contribution in [1.29, 1.82) is 0 Å². The number of nitrogens with one attached hydrogen (secondary N) is 2. The summed E-state index contributed by atoms with van der Waals surface area (Å²) in [6, 6.07) is 4.00. The number of aromatic amines is 1. The Labute approximate surface area is 149 Å². The van der Waals surface area contributed by atoms with E-state index < -0.39 is 17.4 Å². The van der Waals surface area contributed by atoms with Crippen molar-refractivity contribution in [2.75, 3.05) is 5.32 Å². The molecule has 3 N–H and O–H groups in total. The number of H-pyrrole nitrogens is 1. The van der Waals surface area contributed by atoms with Gasteiger partial charge in [0.1, 0.15) is 0 Å². The van der Waals surface area contributed by atoms with Crippen molar-refractivity contribution in [3.8, 4) is 0 Å². The molecule has 136 valence electrons. The molecule has 1 unspecified atom stereocenters. The van der Waals surface area contributed by atoms with Gasteiger partial charge in [0.2, 0.25) is 11.9 Å². The number of imidazole rings is 1. The summed E-state index contributed by atoms with van der Waals surface area (Å²) >= 11 is 0. The molecule has 8 heteroatoms. The molecule has 0 amide bonds. The predicted octanol–water partition coefficient (Wildman–Crippen LogP) is 2.51. The monoisotopic (exact) mass is 355 g/mol. The molecule has 0 aliphatic rings. The Bertz CT molecular complexity index is 1040. The molecule has 2 heterocycles. The van der Waals surface area contributed by atoms with Gasteiger partial charge >= 0.3 is 5.97 Å². The molecule has 0 aliphatic heterocycles. The first-order chi connectivity index (χ1) is 12.2. The number of carboxylic acids is 1. The van der Waals surface area contributed by atoms with Crippen molar-refractivity contribution in [2.45, 2.75) is 33.6 Å². The Morgan fingerprint density at radius 2 is 1.88 bits per heavy atom. The summed E-state index contributed by atoms with van der Waals surface area (Å²) in [6.07, 6.45) is 0. The van der Waals surface area contributed by atoms with Crippen LogP contribution in [0.25, 0.3) is 11.0 Å². The molecule has 8 nitrogen and oxygen atoms in total. The minimum absolute atomic E-state index is 0.182. The number of aromatic nitrogens is 4. The van der Waals surface area contributed by atoms with Gasteiger partial charge in [-0.25, -0.2) is 9.97 Å². The topological polar surface area (TPSA) is 113 Å². The fourth-order valence-electron chi connectivity index (χ4n) is 2.89. The highest BCUT2D eigenvalue weighted by Gasteiger charge is 2.23. The maximum atomic E-state index is 12.6. The average Bonchev–Trinajstić information content (AvgIpc) is 2.93. The Hall–Kier alpha value is -3.16. The third-order valence-corrected chi connectivity index (χ3v) is 4.65. The van der Waals surface area contributed by atoms with Gasteiger partial charge in [-0.3, -0.25) is 19.5 Å². The number of rotatable bonds is 4. The number of hydrogen-bond donors (Lipinski definition) is 3. The van der Waals surface area contributed by atoms with Crippen LogP contribution in [0.3, 0.4) is 0 Å². The molecular formula is C18H21N5O3. The van der Waals surface area contributed by atoms with E-state index in [1.165, 1.54) is 11.5 Å². The van der Waals surface area contributed by atoms with Gasteiger partial charge in [-0.1, -0.05) is 0 Å². The van der Waals surface area contributed by atoms with Crippen molar-refractivity contribution in [3.63, 3.8) is 0 Å². The molecule has 26 heavy (non-hydrogen) atoms. The first-order valence-electron chi connectivity index (χ1n) is 8.23. The number of aliphatic carboxylic acids is 1. The average molecular weight is 355 g/mol. The highest BCUT2D eigenvalue weighted by molar-refractivity contribution is 5.80. The van der Waals surface area contributed by atoms with Crippen molar-refractivity contribution in [1.82, 2.24) is 19.5 Å². The van der Waals surface area contributed by atoms with Crippen LogP contribution in [0.15, 0.2) is 16.9 Å². The molecule has 0 saturated heterocycles. The van der Waals surface area contributed by atoms with Crippen LogP contribution in [-0.4, -0.2) is 30.6 Å². The van der Waals surface area contributed by atoms with E-state index in [0.717, 1.165) is 22.2 Å². The van der Waals surface area contributed by atoms with Gasteiger partial charge in [0, 0.05) is 7.05 Å². The Kier molecular flexibility index (Phi) is 4.27. The third kappa shape index (κ3) is 2.94. The summed E-state index contributed by atoms with van der Waals surface area (Å²) in [6.45, 7) is 7.16. The first-order valence-corrected chi connectivity index (χ1v) is 8.23. The van der Waals surface area contributed by atoms with Crippen LogP contribution in [0.5, 0.6) is 0 Å². The molecule has 0 bridgehead atoms. The quantitative estimate of drug-likeness (QED) is 0.663. The van der Waals surface area contributed by atoms with Crippen LogP contribution >= 0.6 is 0 Å². The van der Waals surface area contributed by atoms with Gasteiger partial charge in [-0.05, 0) is 51.0 Å². The second kappa shape index (κ2) is 6.29. The highest BCUT2D eigenvalue weighted by atomic mass is 16.4. The maximum Gasteiger partial charge on any atom is 0.310 e. The Balaban J connectivity index is 2.03. The highest BCUT2D eigenvalue weighted by Crippen LogP contribution is 2.21. The standard InChI is InChI=1S/C18H21N5O3/c1-8-6-12-13(7-9(8)2)21-17(20-12)22-18-19-11(4)14(10(3)16(25)26)15(24)23(18)5/h6-7,10H,1-5H3,(H,25,26)(H2,19,20,21,22). The molecule has 3 rings (SSSR count).